The van der Waals surface area contributed by atoms with Crippen molar-refractivity contribution in [2.24, 2.45) is 5.92 Å². The first-order chi connectivity index (χ1) is 8.51. The molecule has 0 fully saturated rings. The van der Waals surface area contributed by atoms with E-state index in [0.717, 1.165) is 32.4 Å². The maximum atomic E-state index is 10.4. The van der Waals surface area contributed by atoms with Crippen molar-refractivity contribution in [1.82, 2.24) is 4.90 Å². The van der Waals surface area contributed by atoms with Gasteiger partial charge in [-0.25, -0.2) is 0 Å². The van der Waals surface area contributed by atoms with Gasteiger partial charge in [-0.15, -0.1) is 0 Å². The Balaban J connectivity index is 3.96. The average Bonchev–Trinajstić information content (AvgIpc) is 2.28. The molecular formula is C15H31NO2. The maximum Gasteiger partial charge on any atom is 0.303 e. The summed E-state index contributed by atoms with van der Waals surface area (Å²) in [4.78, 5) is 13.0. The summed E-state index contributed by atoms with van der Waals surface area (Å²) < 4.78 is 0. The van der Waals surface area contributed by atoms with Gasteiger partial charge in [0.2, 0.25) is 0 Å². The minimum atomic E-state index is -0.672. The van der Waals surface area contributed by atoms with Gasteiger partial charge in [0.25, 0.3) is 0 Å². The molecule has 0 saturated heterocycles. The fourth-order valence-electron chi connectivity index (χ4n) is 2.46. The van der Waals surface area contributed by atoms with Crippen LogP contribution >= 0.6 is 0 Å². The van der Waals surface area contributed by atoms with Gasteiger partial charge in [0.05, 0.1) is 0 Å². The molecule has 3 heteroatoms. The fraction of sp³-hybridized carbons (Fsp3) is 0.933. The Bertz CT molecular complexity index is 213. The topological polar surface area (TPSA) is 40.5 Å². The predicted octanol–water partition coefficient (Wildman–Crippen LogP) is 3.78. The van der Waals surface area contributed by atoms with Crippen molar-refractivity contribution in [3.63, 3.8) is 0 Å². The first kappa shape index (κ1) is 17.4. The first-order valence-corrected chi connectivity index (χ1v) is 7.47. The SMILES string of the molecule is CCC(CC)N(CCCCCC(=O)O)CC(C)C. The Hall–Kier alpha value is -0.570. The normalized spacial score (nSPS) is 11.7. The van der Waals surface area contributed by atoms with E-state index >= 15 is 0 Å². The third kappa shape index (κ3) is 8.51. The highest BCUT2D eigenvalue weighted by Crippen LogP contribution is 2.13. The Labute approximate surface area is 113 Å². The van der Waals surface area contributed by atoms with Crippen LogP contribution in [0.25, 0.3) is 0 Å². The van der Waals surface area contributed by atoms with Crippen molar-refractivity contribution < 1.29 is 9.90 Å². The third-order valence-electron chi connectivity index (χ3n) is 3.39. The van der Waals surface area contributed by atoms with Gasteiger partial charge in [-0.05, 0) is 38.1 Å². The average molecular weight is 257 g/mol. The number of rotatable bonds is 11. The van der Waals surface area contributed by atoms with Crippen LogP contribution in [0.4, 0.5) is 0 Å². The number of nitrogens with zero attached hydrogens (tertiary/aromatic N) is 1. The highest BCUT2D eigenvalue weighted by atomic mass is 16.4. The van der Waals surface area contributed by atoms with Crippen molar-refractivity contribution in [2.45, 2.75) is 72.3 Å². The van der Waals surface area contributed by atoms with Crippen LogP contribution < -0.4 is 0 Å². The fourth-order valence-corrected chi connectivity index (χ4v) is 2.46. The second-order valence-electron chi connectivity index (χ2n) is 5.56. The van der Waals surface area contributed by atoms with E-state index in [2.05, 4.69) is 32.6 Å². The first-order valence-electron chi connectivity index (χ1n) is 7.47. The molecule has 0 radical (unpaired) electrons. The van der Waals surface area contributed by atoms with Gasteiger partial charge in [-0.3, -0.25) is 4.79 Å². The highest BCUT2D eigenvalue weighted by molar-refractivity contribution is 5.66. The molecular weight excluding hydrogens is 226 g/mol. The van der Waals surface area contributed by atoms with E-state index in [1.807, 2.05) is 0 Å². The van der Waals surface area contributed by atoms with Crippen LogP contribution in [-0.4, -0.2) is 35.1 Å². The van der Waals surface area contributed by atoms with Crippen LogP contribution in [0.2, 0.25) is 0 Å². The zero-order valence-electron chi connectivity index (χ0n) is 12.6. The number of hydrogen-bond donors (Lipinski definition) is 1. The molecule has 0 saturated carbocycles. The van der Waals surface area contributed by atoms with E-state index in [-0.39, 0.29) is 0 Å². The summed E-state index contributed by atoms with van der Waals surface area (Å²) in [5.74, 6) is 0.0265. The second kappa shape index (κ2) is 10.4. The van der Waals surface area contributed by atoms with Gasteiger partial charge in [-0.2, -0.15) is 0 Å². The van der Waals surface area contributed by atoms with E-state index in [1.165, 1.54) is 12.8 Å². The number of carboxylic acid groups (broad SMARTS) is 1. The molecule has 0 aliphatic carbocycles. The molecule has 0 aromatic heterocycles. The molecule has 0 heterocycles. The standard InChI is InChI=1S/C15H31NO2/c1-5-14(6-2)16(12-13(3)4)11-9-7-8-10-15(17)18/h13-14H,5-12H2,1-4H3,(H,17,18). The van der Waals surface area contributed by atoms with Crippen LogP contribution in [0, 0.1) is 5.92 Å². The number of carbonyl (C=O) groups is 1. The van der Waals surface area contributed by atoms with Crippen LogP contribution in [0.1, 0.15) is 66.2 Å². The van der Waals surface area contributed by atoms with E-state index in [0.29, 0.717) is 18.4 Å². The Morgan fingerprint density at radius 2 is 1.72 bits per heavy atom. The van der Waals surface area contributed by atoms with Crippen LogP contribution in [0.15, 0.2) is 0 Å². The molecule has 1 N–H and O–H groups in total. The lowest BCUT2D eigenvalue weighted by atomic mass is 10.1. The Kier molecular flexibility index (Phi) is 10.0. The number of unbranched alkanes of at least 4 members (excludes halogenated alkanes) is 2. The van der Waals surface area contributed by atoms with Gasteiger partial charge in [0.15, 0.2) is 0 Å². The van der Waals surface area contributed by atoms with Gasteiger partial charge in [-0.1, -0.05) is 34.1 Å². The molecule has 0 rings (SSSR count). The van der Waals surface area contributed by atoms with Crippen molar-refractivity contribution in [1.29, 1.82) is 0 Å². The van der Waals surface area contributed by atoms with Gasteiger partial charge >= 0.3 is 5.97 Å². The lowest BCUT2D eigenvalue weighted by Gasteiger charge is -2.32. The lowest BCUT2D eigenvalue weighted by molar-refractivity contribution is -0.137. The van der Waals surface area contributed by atoms with Crippen molar-refractivity contribution in [3.8, 4) is 0 Å². The van der Waals surface area contributed by atoms with E-state index in [4.69, 9.17) is 5.11 Å². The molecule has 18 heavy (non-hydrogen) atoms. The third-order valence-corrected chi connectivity index (χ3v) is 3.39. The molecule has 3 nitrogen and oxygen atoms in total. The molecule has 0 aliphatic heterocycles. The predicted molar refractivity (Wildman–Crippen MR) is 76.9 cm³/mol. The van der Waals surface area contributed by atoms with E-state index in [9.17, 15) is 4.79 Å². The smallest absolute Gasteiger partial charge is 0.303 e. The summed E-state index contributed by atoms with van der Waals surface area (Å²) in [6, 6.07) is 0.687. The molecule has 0 aromatic carbocycles. The highest BCUT2D eigenvalue weighted by Gasteiger charge is 2.15. The van der Waals surface area contributed by atoms with Crippen LogP contribution in [0.5, 0.6) is 0 Å². The van der Waals surface area contributed by atoms with E-state index in [1.54, 1.807) is 0 Å². The Morgan fingerprint density at radius 1 is 1.11 bits per heavy atom. The number of hydrogen-bond acceptors (Lipinski definition) is 2. The minimum absolute atomic E-state index is 0.315. The van der Waals surface area contributed by atoms with E-state index < -0.39 is 5.97 Å². The molecule has 0 aromatic rings. The maximum absolute atomic E-state index is 10.4. The Morgan fingerprint density at radius 3 is 2.17 bits per heavy atom. The van der Waals surface area contributed by atoms with Crippen molar-refractivity contribution >= 4 is 5.97 Å². The molecule has 108 valence electrons. The summed E-state index contributed by atoms with van der Waals surface area (Å²) in [7, 11) is 0. The van der Waals surface area contributed by atoms with Gasteiger partial charge in [0.1, 0.15) is 0 Å². The summed E-state index contributed by atoms with van der Waals surface area (Å²) in [5, 5.41) is 8.59. The summed E-state index contributed by atoms with van der Waals surface area (Å²) in [6.45, 7) is 11.3. The zero-order chi connectivity index (χ0) is 14.0. The molecule has 0 unspecified atom stereocenters. The number of aliphatic carboxylic acids is 1. The quantitative estimate of drug-likeness (QED) is 0.573. The number of carboxylic acids is 1. The zero-order valence-corrected chi connectivity index (χ0v) is 12.6. The van der Waals surface area contributed by atoms with Crippen LogP contribution in [0.3, 0.4) is 0 Å². The van der Waals surface area contributed by atoms with Crippen LogP contribution in [-0.2, 0) is 4.79 Å². The minimum Gasteiger partial charge on any atom is -0.481 e. The van der Waals surface area contributed by atoms with Crippen molar-refractivity contribution in [2.75, 3.05) is 13.1 Å². The molecule has 0 atom stereocenters. The lowest BCUT2D eigenvalue weighted by Crippen LogP contribution is -2.38. The monoisotopic (exact) mass is 257 g/mol. The molecule has 0 spiro atoms. The van der Waals surface area contributed by atoms with Gasteiger partial charge < -0.3 is 10.0 Å². The summed E-state index contributed by atoms with van der Waals surface area (Å²) in [6.07, 6.45) is 5.69. The van der Waals surface area contributed by atoms with Crippen molar-refractivity contribution in [3.05, 3.63) is 0 Å². The largest absolute Gasteiger partial charge is 0.481 e. The summed E-state index contributed by atoms with van der Waals surface area (Å²) >= 11 is 0. The molecule has 0 aliphatic rings. The summed E-state index contributed by atoms with van der Waals surface area (Å²) in [5.41, 5.74) is 0. The molecule has 0 bridgehead atoms. The van der Waals surface area contributed by atoms with Gasteiger partial charge in [0, 0.05) is 19.0 Å². The second-order valence-corrected chi connectivity index (χ2v) is 5.56. The molecule has 0 amide bonds.